The summed E-state index contributed by atoms with van der Waals surface area (Å²) in [4.78, 5) is 0. The zero-order chi connectivity index (χ0) is 10.6. The average Bonchev–Trinajstić information content (AvgIpc) is 2.14. The summed E-state index contributed by atoms with van der Waals surface area (Å²) < 4.78 is 16.2. The first kappa shape index (κ1) is 14.8. The Morgan fingerprint density at radius 2 is 1.73 bits per heavy atom. The zero-order valence-corrected chi connectivity index (χ0v) is 10.2. The highest BCUT2D eigenvalue weighted by Crippen LogP contribution is 2.29. The van der Waals surface area contributed by atoms with Crippen LogP contribution in [-0.4, -0.2) is 45.1 Å². The molecule has 15 heavy (non-hydrogen) atoms. The van der Waals surface area contributed by atoms with Crippen molar-refractivity contribution >= 4 is 0 Å². The smallest absolute Gasteiger partial charge is 0.0837 e. The van der Waals surface area contributed by atoms with Crippen LogP contribution in [-0.2, 0) is 14.2 Å². The molecule has 1 saturated heterocycles. The molecule has 92 valence electrons. The Morgan fingerprint density at radius 1 is 1.13 bits per heavy atom. The lowest BCUT2D eigenvalue weighted by molar-refractivity contribution is -0.135. The molecular weight excluding hydrogens is 196 g/mol. The van der Waals surface area contributed by atoms with Gasteiger partial charge in [0, 0.05) is 20.1 Å². The van der Waals surface area contributed by atoms with Gasteiger partial charge in [-0.05, 0) is 19.3 Å². The van der Waals surface area contributed by atoms with E-state index < -0.39 is 0 Å². The average molecular weight is 220 g/mol. The fourth-order valence-electron chi connectivity index (χ4n) is 2.13. The van der Waals surface area contributed by atoms with E-state index in [1.807, 2.05) is 0 Å². The summed E-state index contributed by atoms with van der Waals surface area (Å²) in [5.74, 6) is 1.09. The first-order valence-electron chi connectivity index (χ1n) is 5.32. The maximum atomic E-state index is 5.90. The summed E-state index contributed by atoms with van der Waals surface area (Å²) >= 11 is 0. The summed E-state index contributed by atoms with van der Waals surface area (Å²) in [5.41, 5.74) is 0. The molecule has 0 amide bonds. The third-order valence-electron chi connectivity index (χ3n) is 3.07. The van der Waals surface area contributed by atoms with E-state index in [9.17, 15) is 0 Å². The molecule has 0 saturated carbocycles. The van der Waals surface area contributed by atoms with Gasteiger partial charge in [0.25, 0.3) is 0 Å². The normalized spacial score (nSPS) is 36.0. The standard InChI is InChI=1S/C11H22O3.H2O/c1-8-5-10(6-12-3)9(2)14-11(8)7-13-4;/h8-11H,5-7H2,1-4H3;1H2. The number of ether oxygens (including phenoxy) is 3. The highest BCUT2D eigenvalue weighted by atomic mass is 16.5. The van der Waals surface area contributed by atoms with Crippen molar-refractivity contribution in [3.8, 4) is 0 Å². The Bertz CT molecular complexity index is 145. The lowest BCUT2D eigenvalue weighted by Crippen LogP contribution is -2.42. The minimum absolute atomic E-state index is 0. The number of hydrogen-bond acceptors (Lipinski definition) is 3. The predicted octanol–water partition coefficient (Wildman–Crippen LogP) is 0.884. The van der Waals surface area contributed by atoms with Gasteiger partial charge in [0.15, 0.2) is 0 Å². The van der Waals surface area contributed by atoms with Gasteiger partial charge in [-0.3, -0.25) is 0 Å². The van der Waals surface area contributed by atoms with Gasteiger partial charge in [-0.15, -0.1) is 0 Å². The Hall–Kier alpha value is -0.160. The van der Waals surface area contributed by atoms with Gasteiger partial charge in [-0.25, -0.2) is 0 Å². The van der Waals surface area contributed by atoms with Gasteiger partial charge < -0.3 is 19.7 Å². The first-order valence-corrected chi connectivity index (χ1v) is 5.32. The molecule has 0 spiro atoms. The third kappa shape index (κ3) is 4.07. The van der Waals surface area contributed by atoms with Gasteiger partial charge in [0.2, 0.25) is 0 Å². The van der Waals surface area contributed by atoms with Gasteiger partial charge >= 0.3 is 0 Å². The first-order chi connectivity index (χ1) is 6.69. The summed E-state index contributed by atoms with van der Waals surface area (Å²) in [7, 11) is 3.47. The second kappa shape index (κ2) is 7.17. The summed E-state index contributed by atoms with van der Waals surface area (Å²) in [6, 6.07) is 0. The van der Waals surface area contributed by atoms with Crippen molar-refractivity contribution in [3.63, 3.8) is 0 Å². The van der Waals surface area contributed by atoms with E-state index in [0.29, 0.717) is 18.4 Å². The van der Waals surface area contributed by atoms with E-state index in [0.717, 1.165) is 6.61 Å². The Labute approximate surface area is 92.2 Å². The predicted molar refractivity (Wildman–Crippen MR) is 59.0 cm³/mol. The molecule has 0 radical (unpaired) electrons. The van der Waals surface area contributed by atoms with Crippen LogP contribution in [0.5, 0.6) is 0 Å². The molecule has 1 fully saturated rings. The van der Waals surface area contributed by atoms with E-state index in [1.165, 1.54) is 6.42 Å². The third-order valence-corrected chi connectivity index (χ3v) is 3.07. The molecule has 0 bridgehead atoms. The Kier molecular flexibility index (Phi) is 7.09. The maximum Gasteiger partial charge on any atom is 0.0837 e. The number of methoxy groups -OCH3 is 2. The SMILES string of the molecule is COCC1CC(C)C(COC)OC1C.O. The summed E-state index contributed by atoms with van der Waals surface area (Å²) in [6.45, 7) is 5.84. The minimum atomic E-state index is 0. The molecule has 1 rings (SSSR count). The summed E-state index contributed by atoms with van der Waals surface area (Å²) in [5, 5.41) is 0. The summed E-state index contributed by atoms with van der Waals surface area (Å²) in [6.07, 6.45) is 1.71. The molecule has 1 heterocycles. The molecule has 1 aliphatic heterocycles. The van der Waals surface area contributed by atoms with Crippen LogP contribution in [0.25, 0.3) is 0 Å². The van der Waals surface area contributed by atoms with Crippen LogP contribution in [0.4, 0.5) is 0 Å². The molecule has 4 heteroatoms. The van der Waals surface area contributed by atoms with Crippen LogP contribution < -0.4 is 0 Å². The fraction of sp³-hybridized carbons (Fsp3) is 1.00. The number of rotatable bonds is 4. The lowest BCUT2D eigenvalue weighted by Gasteiger charge is -2.38. The van der Waals surface area contributed by atoms with Crippen LogP contribution in [0, 0.1) is 11.8 Å². The fourth-order valence-corrected chi connectivity index (χ4v) is 2.13. The van der Waals surface area contributed by atoms with Gasteiger partial charge in [0.1, 0.15) is 0 Å². The minimum Gasteiger partial charge on any atom is -0.412 e. The monoisotopic (exact) mass is 220 g/mol. The molecule has 0 aromatic carbocycles. The molecule has 4 nitrogen and oxygen atoms in total. The van der Waals surface area contributed by atoms with Gasteiger partial charge in [0.05, 0.1) is 25.4 Å². The van der Waals surface area contributed by atoms with E-state index in [-0.39, 0.29) is 17.7 Å². The van der Waals surface area contributed by atoms with E-state index >= 15 is 0 Å². The molecule has 1 aliphatic rings. The van der Waals surface area contributed by atoms with Crippen molar-refractivity contribution in [3.05, 3.63) is 0 Å². The van der Waals surface area contributed by atoms with E-state index in [2.05, 4.69) is 13.8 Å². The quantitative estimate of drug-likeness (QED) is 0.706. The largest absolute Gasteiger partial charge is 0.412 e. The molecule has 0 aromatic rings. The second-order valence-corrected chi connectivity index (χ2v) is 4.26. The van der Waals surface area contributed by atoms with Crippen molar-refractivity contribution in [1.82, 2.24) is 0 Å². The molecule has 0 aromatic heterocycles. The maximum absolute atomic E-state index is 5.90. The van der Waals surface area contributed by atoms with Crippen LogP contribution in [0.15, 0.2) is 0 Å². The van der Waals surface area contributed by atoms with Crippen molar-refractivity contribution in [2.24, 2.45) is 11.8 Å². The Morgan fingerprint density at radius 3 is 2.27 bits per heavy atom. The van der Waals surface area contributed by atoms with Crippen molar-refractivity contribution in [2.75, 3.05) is 27.4 Å². The van der Waals surface area contributed by atoms with Gasteiger partial charge in [-0.1, -0.05) is 6.92 Å². The van der Waals surface area contributed by atoms with Gasteiger partial charge in [-0.2, -0.15) is 0 Å². The van der Waals surface area contributed by atoms with Crippen LogP contribution >= 0.6 is 0 Å². The second-order valence-electron chi connectivity index (χ2n) is 4.26. The van der Waals surface area contributed by atoms with E-state index in [1.54, 1.807) is 14.2 Å². The van der Waals surface area contributed by atoms with E-state index in [4.69, 9.17) is 14.2 Å². The molecule has 2 N–H and O–H groups in total. The van der Waals surface area contributed by atoms with Crippen molar-refractivity contribution in [2.45, 2.75) is 32.5 Å². The van der Waals surface area contributed by atoms with Crippen LogP contribution in [0.2, 0.25) is 0 Å². The van der Waals surface area contributed by atoms with Crippen LogP contribution in [0.1, 0.15) is 20.3 Å². The topological polar surface area (TPSA) is 59.2 Å². The zero-order valence-electron chi connectivity index (χ0n) is 10.2. The number of hydrogen-bond donors (Lipinski definition) is 0. The Balaban J connectivity index is 0.00000196. The molecule has 0 aliphatic carbocycles. The highest BCUT2D eigenvalue weighted by Gasteiger charge is 2.33. The lowest BCUT2D eigenvalue weighted by atomic mass is 9.86. The molecule has 4 atom stereocenters. The molecule has 4 unspecified atom stereocenters. The van der Waals surface area contributed by atoms with Crippen molar-refractivity contribution in [1.29, 1.82) is 0 Å². The van der Waals surface area contributed by atoms with Crippen LogP contribution in [0.3, 0.4) is 0 Å². The van der Waals surface area contributed by atoms with Crippen molar-refractivity contribution < 1.29 is 19.7 Å². The molecular formula is C11H24O4. The highest BCUT2D eigenvalue weighted by molar-refractivity contribution is 4.80.